The predicted octanol–water partition coefficient (Wildman–Crippen LogP) is 1.32. The Morgan fingerprint density at radius 1 is 1.43 bits per heavy atom. The first-order valence-electron chi connectivity index (χ1n) is 6.65. The van der Waals surface area contributed by atoms with Gasteiger partial charge in [0.1, 0.15) is 6.61 Å². The fourth-order valence-corrected chi connectivity index (χ4v) is 3.63. The van der Waals surface area contributed by atoms with Crippen LogP contribution in [0.4, 0.5) is 0 Å². The summed E-state index contributed by atoms with van der Waals surface area (Å²) in [5.74, 6) is 6.33. The van der Waals surface area contributed by atoms with E-state index in [1.165, 1.54) is 0 Å². The van der Waals surface area contributed by atoms with E-state index >= 15 is 0 Å². The molecule has 1 aliphatic rings. The Bertz CT molecular complexity index is 611. The van der Waals surface area contributed by atoms with Crippen LogP contribution in [0.5, 0.6) is 0 Å². The molecular formula is C15H16ClNO3S. The van der Waals surface area contributed by atoms with Crippen molar-refractivity contribution in [1.82, 2.24) is 5.32 Å². The van der Waals surface area contributed by atoms with E-state index < -0.39 is 10.8 Å². The summed E-state index contributed by atoms with van der Waals surface area (Å²) in [4.78, 5) is 12.2. The lowest BCUT2D eigenvalue weighted by molar-refractivity contribution is 0.0934. The molecular weight excluding hydrogens is 310 g/mol. The number of aliphatic hydroxyl groups excluding tert-OH is 1. The second-order valence-electron chi connectivity index (χ2n) is 4.75. The number of hydrogen-bond donors (Lipinski definition) is 2. The number of hydrogen-bond acceptors (Lipinski definition) is 3. The lowest BCUT2D eigenvalue weighted by Gasteiger charge is -2.22. The largest absolute Gasteiger partial charge is 0.384 e. The first-order chi connectivity index (χ1) is 10.1. The summed E-state index contributed by atoms with van der Waals surface area (Å²) >= 11 is 6.07. The molecule has 1 amide bonds. The van der Waals surface area contributed by atoms with E-state index in [4.69, 9.17) is 16.7 Å². The maximum atomic E-state index is 12.2. The van der Waals surface area contributed by atoms with Gasteiger partial charge in [-0.25, -0.2) is 0 Å². The topological polar surface area (TPSA) is 66.4 Å². The van der Waals surface area contributed by atoms with Gasteiger partial charge in [-0.1, -0.05) is 23.4 Å². The molecule has 0 spiro atoms. The molecule has 6 heteroatoms. The van der Waals surface area contributed by atoms with Crippen LogP contribution in [0.25, 0.3) is 0 Å². The Balaban J connectivity index is 2.02. The second-order valence-corrected chi connectivity index (χ2v) is 6.85. The lowest BCUT2D eigenvalue weighted by atomic mass is 10.1. The van der Waals surface area contributed by atoms with Gasteiger partial charge in [0.15, 0.2) is 0 Å². The van der Waals surface area contributed by atoms with Gasteiger partial charge in [-0.3, -0.25) is 9.00 Å². The highest BCUT2D eigenvalue weighted by Gasteiger charge is 2.20. The Morgan fingerprint density at radius 2 is 2.14 bits per heavy atom. The molecule has 1 aromatic carbocycles. The van der Waals surface area contributed by atoms with Gasteiger partial charge in [-0.05, 0) is 31.0 Å². The lowest BCUT2D eigenvalue weighted by Crippen LogP contribution is -2.39. The van der Waals surface area contributed by atoms with Gasteiger partial charge in [0.25, 0.3) is 5.91 Å². The Kier molecular flexibility index (Phi) is 5.80. The molecule has 1 fully saturated rings. The maximum Gasteiger partial charge on any atom is 0.251 e. The van der Waals surface area contributed by atoms with Crippen molar-refractivity contribution in [2.24, 2.45) is 0 Å². The molecule has 0 aliphatic carbocycles. The van der Waals surface area contributed by atoms with Crippen LogP contribution in [-0.4, -0.2) is 39.4 Å². The van der Waals surface area contributed by atoms with E-state index in [-0.39, 0.29) is 18.6 Å². The molecule has 0 atom stereocenters. The molecule has 0 saturated carbocycles. The average molecular weight is 326 g/mol. The minimum atomic E-state index is -0.738. The SMILES string of the molecule is O=C(NC1CCS(=O)CC1)c1ccc(C#CCO)c(Cl)c1. The fourth-order valence-electron chi connectivity index (χ4n) is 2.10. The van der Waals surface area contributed by atoms with Gasteiger partial charge in [-0.15, -0.1) is 0 Å². The summed E-state index contributed by atoms with van der Waals surface area (Å²) in [5, 5.41) is 12.0. The Morgan fingerprint density at radius 3 is 2.76 bits per heavy atom. The van der Waals surface area contributed by atoms with Crippen molar-refractivity contribution in [1.29, 1.82) is 0 Å². The van der Waals surface area contributed by atoms with Crippen LogP contribution < -0.4 is 5.32 Å². The fraction of sp³-hybridized carbons (Fsp3) is 0.400. The third-order valence-corrected chi connectivity index (χ3v) is 4.95. The molecule has 21 heavy (non-hydrogen) atoms. The van der Waals surface area contributed by atoms with Crippen molar-refractivity contribution >= 4 is 28.3 Å². The van der Waals surface area contributed by atoms with Gasteiger partial charge in [0, 0.05) is 39.5 Å². The number of rotatable bonds is 2. The average Bonchev–Trinajstić information content (AvgIpc) is 2.48. The van der Waals surface area contributed by atoms with Crippen LogP contribution in [0.2, 0.25) is 5.02 Å². The number of benzene rings is 1. The number of amides is 1. The molecule has 2 rings (SSSR count). The minimum absolute atomic E-state index is 0.0721. The van der Waals surface area contributed by atoms with E-state index in [2.05, 4.69) is 17.2 Å². The third kappa shape index (κ3) is 4.57. The van der Waals surface area contributed by atoms with Crippen LogP contribution in [0.3, 0.4) is 0 Å². The monoisotopic (exact) mass is 325 g/mol. The number of aliphatic hydroxyl groups is 1. The highest BCUT2D eigenvalue weighted by Crippen LogP contribution is 2.18. The van der Waals surface area contributed by atoms with Crippen LogP contribution in [0.15, 0.2) is 18.2 Å². The van der Waals surface area contributed by atoms with Crippen molar-refractivity contribution < 1.29 is 14.1 Å². The molecule has 2 N–H and O–H groups in total. The zero-order valence-corrected chi connectivity index (χ0v) is 13.0. The summed E-state index contributed by atoms with van der Waals surface area (Å²) in [6.07, 6.45) is 1.48. The molecule has 0 aromatic heterocycles. The summed E-state index contributed by atoms with van der Waals surface area (Å²) in [5.41, 5.74) is 1.05. The molecule has 0 radical (unpaired) electrons. The summed E-state index contributed by atoms with van der Waals surface area (Å²) in [6, 6.07) is 4.96. The molecule has 1 heterocycles. The standard InChI is InChI=1S/C15H16ClNO3S/c16-14-10-12(4-3-11(14)2-1-7-18)15(19)17-13-5-8-21(20)9-6-13/h3-4,10,13,18H,5-9H2,(H,17,19). The van der Waals surface area contributed by atoms with E-state index in [1.807, 2.05) is 0 Å². The third-order valence-electron chi connectivity index (χ3n) is 3.26. The van der Waals surface area contributed by atoms with Crippen LogP contribution in [0.1, 0.15) is 28.8 Å². The molecule has 112 valence electrons. The van der Waals surface area contributed by atoms with Crippen molar-refractivity contribution in [3.05, 3.63) is 34.3 Å². The summed E-state index contributed by atoms with van der Waals surface area (Å²) in [7, 11) is -0.738. The van der Waals surface area contributed by atoms with Crippen molar-refractivity contribution in [2.45, 2.75) is 18.9 Å². The van der Waals surface area contributed by atoms with Gasteiger partial charge in [-0.2, -0.15) is 0 Å². The number of nitrogens with one attached hydrogen (secondary N) is 1. The zero-order chi connectivity index (χ0) is 15.2. The number of carbonyl (C=O) groups is 1. The molecule has 1 saturated heterocycles. The first-order valence-corrected chi connectivity index (χ1v) is 8.52. The quantitative estimate of drug-likeness (QED) is 0.806. The van der Waals surface area contributed by atoms with Gasteiger partial charge in [0.2, 0.25) is 0 Å². The summed E-state index contributed by atoms with van der Waals surface area (Å²) in [6.45, 7) is -0.235. The Hall–Kier alpha value is -1.35. The van der Waals surface area contributed by atoms with Crippen molar-refractivity contribution in [2.75, 3.05) is 18.1 Å². The van der Waals surface area contributed by atoms with Crippen LogP contribution in [0, 0.1) is 11.8 Å². The molecule has 1 aliphatic heterocycles. The molecule has 4 nitrogen and oxygen atoms in total. The van der Waals surface area contributed by atoms with Crippen molar-refractivity contribution in [3.63, 3.8) is 0 Å². The smallest absolute Gasteiger partial charge is 0.251 e. The van der Waals surface area contributed by atoms with Gasteiger partial charge in [0.05, 0.1) is 5.02 Å². The predicted molar refractivity (Wildman–Crippen MR) is 83.8 cm³/mol. The van der Waals surface area contributed by atoms with Gasteiger partial charge >= 0.3 is 0 Å². The van der Waals surface area contributed by atoms with Gasteiger partial charge < -0.3 is 10.4 Å². The van der Waals surface area contributed by atoms with Crippen molar-refractivity contribution in [3.8, 4) is 11.8 Å². The Labute approximate surface area is 131 Å². The van der Waals surface area contributed by atoms with E-state index in [0.29, 0.717) is 27.7 Å². The molecule has 0 bridgehead atoms. The second kappa shape index (κ2) is 7.60. The number of halogens is 1. The molecule has 1 aromatic rings. The highest BCUT2D eigenvalue weighted by atomic mass is 35.5. The van der Waals surface area contributed by atoms with Crippen LogP contribution >= 0.6 is 11.6 Å². The van der Waals surface area contributed by atoms with E-state index in [1.54, 1.807) is 18.2 Å². The van der Waals surface area contributed by atoms with E-state index in [0.717, 1.165) is 12.8 Å². The van der Waals surface area contributed by atoms with Crippen LogP contribution in [-0.2, 0) is 10.8 Å². The highest BCUT2D eigenvalue weighted by molar-refractivity contribution is 7.85. The maximum absolute atomic E-state index is 12.2. The van der Waals surface area contributed by atoms with E-state index in [9.17, 15) is 9.00 Å². The zero-order valence-electron chi connectivity index (χ0n) is 11.4. The minimum Gasteiger partial charge on any atom is -0.384 e. The molecule has 0 unspecified atom stereocenters. The normalized spacial score (nSPS) is 21.2. The summed E-state index contributed by atoms with van der Waals surface area (Å²) < 4.78 is 11.3. The first kappa shape index (κ1) is 16.0. The number of carbonyl (C=O) groups excluding carboxylic acids is 1.